The Balaban J connectivity index is 1.92. The zero-order valence-corrected chi connectivity index (χ0v) is 16.9. The molecule has 1 aromatic heterocycles. The third-order valence-electron chi connectivity index (χ3n) is 5.32. The van der Waals surface area contributed by atoms with E-state index >= 15 is 0 Å². The molecule has 2 N–H and O–H groups in total. The number of aromatic nitrogens is 2. The van der Waals surface area contributed by atoms with Crippen LogP contribution in [0.5, 0.6) is 0 Å². The molecule has 0 atom stereocenters. The van der Waals surface area contributed by atoms with E-state index in [9.17, 15) is 14.4 Å². The summed E-state index contributed by atoms with van der Waals surface area (Å²) in [5, 5.41) is 9.23. The van der Waals surface area contributed by atoms with Crippen LogP contribution in [0.25, 0.3) is 16.6 Å². The maximum atomic E-state index is 13.5. The number of fused-ring (bicyclic) bond motifs is 1. The van der Waals surface area contributed by atoms with Gasteiger partial charge in [-0.2, -0.15) is 0 Å². The lowest BCUT2D eigenvalue weighted by Crippen LogP contribution is -2.39. The lowest BCUT2D eigenvalue weighted by molar-refractivity contribution is 0.0706. The predicted octanol–water partition coefficient (Wildman–Crippen LogP) is 2.88. The standard InChI is InChI=1S/C24H21N3O4/c1-2-17-7-3-5-9-20(17)27-23(29)19-8-4-6-10-21(19)26(24(27)30)15-16-11-13-18(14-12-16)22(28)25-31/h3-14,31H,2,15H2,1H3,(H,25,28). The molecular formula is C24H21N3O4. The molecule has 1 amide bonds. The van der Waals surface area contributed by atoms with E-state index in [1.807, 2.05) is 25.1 Å². The van der Waals surface area contributed by atoms with E-state index in [-0.39, 0.29) is 12.1 Å². The van der Waals surface area contributed by atoms with Crippen molar-refractivity contribution in [2.75, 3.05) is 0 Å². The van der Waals surface area contributed by atoms with Crippen molar-refractivity contribution in [3.63, 3.8) is 0 Å². The average molecular weight is 415 g/mol. The van der Waals surface area contributed by atoms with Gasteiger partial charge in [0.15, 0.2) is 0 Å². The van der Waals surface area contributed by atoms with Gasteiger partial charge in [-0.25, -0.2) is 14.8 Å². The first kappa shape index (κ1) is 20.3. The second kappa shape index (κ2) is 8.41. The van der Waals surface area contributed by atoms with Crippen LogP contribution in [-0.4, -0.2) is 20.2 Å². The molecule has 156 valence electrons. The van der Waals surface area contributed by atoms with Crippen molar-refractivity contribution in [3.8, 4) is 5.69 Å². The highest BCUT2D eigenvalue weighted by Crippen LogP contribution is 2.16. The summed E-state index contributed by atoms with van der Waals surface area (Å²) in [5.41, 5.74) is 3.91. The Bertz CT molecular complexity index is 1380. The average Bonchev–Trinajstić information content (AvgIpc) is 2.82. The molecule has 0 aliphatic carbocycles. The molecule has 0 fully saturated rings. The molecule has 0 saturated carbocycles. The molecule has 4 rings (SSSR count). The van der Waals surface area contributed by atoms with E-state index < -0.39 is 11.6 Å². The zero-order chi connectivity index (χ0) is 22.0. The van der Waals surface area contributed by atoms with Gasteiger partial charge in [0.2, 0.25) is 0 Å². The Morgan fingerprint density at radius 2 is 1.61 bits per heavy atom. The summed E-state index contributed by atoms with van der Waals surface area (Å²) in [6.07, 6.45) is 0.684. The quantitative estimate of drug-likeness (QED) is 0.387. The van der Waals surface area contributed by atoms with Crippen LogP contribution in [0.15, 0.2) is 82.4 Å². The number of hydrogen-bond donors (Lipinski definition) is 2. The summed E-state index contributed by atoms with van der Waals surface area (Å²) in [6.45, 7) is 2.20. The molecular weight excluding hydrogens is 394 g/mol. The molecule has 31 heavy (non-hydrogen) atoms. The van der Waals surface area contributed by atoms with E-state index in [2.05, 4.69) is 0 Å². The fraction of sp³-hybridized carbons (Fsp3) is 0.125. The summed E-state index contributed by atoms with van der Waals surface area (Å²) in [6, 6.07) is 21.0. The van der Waals surface area contributed by atoms with Gasteiger partial charge in [0.25, 0.3) is 11.5 Å². The fourth-order valence-electron chi connectivity index (χ4n) is 3.72. The minimum Gasteiger partial charge on any atom is -0.288 e. The van der Waals surface area contributed by atoms with Crippen LogP contribution in [0.3, 0.4) is 0 Å². The summed E-state index contributed by atoms with van der Waals surface area (Å²) in [7, 11) is 0. The van der Waals surface area contributed by atoms with Gasteiger partial charge in [0, 0.05) is 5.56 Å². The van der Waals surface area contributed by atoms with Crippen molar-refractivity contribution in [2.24, 2.45) is 0 Å². The lowest BCUT2D eigenvalue weighted by atomic mass is 10.1. The number of benzene rings is 3. The third kappa shape index (κ3) is 3.67. The second-order valence-electron chi connectivity index (χ2n) is 7.15. The normalized spacial score (nSPS) is 10.9. The lowest BCUT2D eigenvalue weighted by Gasteiger charge is -2.16. The minimum atomic E-state index is -0.612. The second-order valence-corrected chi connectivity index (χ2v) is 7.15. The molecule has 3 aromatic carbocycles. The Kier molecular flexibility index (Phi) is 5.51. The van der Waals surface area contributed by atoms with Crippen molar-refractivity contribution in [1.29, 1.82) is 0 Å². The fourth-order valence-corrected chi connectivity index (χ4v) is 3.72. The van der Waals surface area contributed by atoms with E-state index in [4.69, 9.17) is 5.21 Å². The number of nitrogens with zero attached hydrogens (tertiary/aromatic N) is 2. The van der Waals surface area contributed by atoms with E-state index in [0.717, 1.165) is 11.1 Å². The number of carbonyl (C=O) groups excluding carboxylic acids is 1. The number of amides is 1. The summed E-state index contributed by atoms with van der Waals surface area (Å²) >= 11 is 0. The summed E-state index contributed by atoms with van der Waals surface area (Å²) in [4.78, 5) is 38.3. The zero-order valence-electron chi connectivity index (χ0n) is 16.9. The summed E-state index contributed by atoms with van der Waals surface area (Å²) in [5.74, 6) is -0.612. The first-order valence-corrected chi connectivity index (χ1v) is 9.91. The molecule has 0 spiro atoms. The first-order valence-electron chi connectivity index (χ1n) is 9.91. The Morgan fingerprint density at radius 3 is 2.32 bits per heavy atom. The minimum absolute atomic E-state index is 0.217. The van der Waals surface area contributed by atoms with Gasteiger partial charge in [0.1, 0.15) is 0 Å². The Morgan fingerprint density at radius 1 is 0.935 bits per heavy atom. The van der Waals surface area contributed by atoms with Gasteiger partial charge >= 0.3 is 5.69 Å². The van der Waals surface area contributed by atoms with Gasteiger partial charge in [0.05, 0.1) is 23.1 Å². The van der Waals surface area contributed by atoms with Crippen molar-refractivity contribution >= 4 is 16.8 Å². The van der Waals surface area contributed by atoms with Crippen LogP contribution < -0.4 is 16.7 Å². The van der Waals surface area contributed by atoms with E-state index in [0.29, 0.717) is 28.6 Å². The van der Waals surface area contributed by atoms with Gasteiger partial charge < -0.3 is 0 Å². The van der Waals surface area contributed by atoms with Gasteiger partial charge in [-0.3, -0.25) is 19.4 Å². The van der Waals surface area contributed by atoms with Gasteiger partial charge in [-0.1, -0.05) is 49.4 Å². The number of hydrogen-bond acceptors (Lipinski definition) is 4. The first-order chi connectivity index (χ1) is 15.0. The van der Waals surface area contributed by atoms with Crippen molar-refractivity contribution in [2.45, 2.75) is 19.9 Å². The van der Waals surface area contributed by atoms with Crippen molar-refractivity contribution in [3.05, 3.63) is 110 Å². The number of hydroxylamine groups is 1. The van der Waals surface area contributed by atoms with Gasteiger partial charge in [-0.15, -0.1) is 0 Å². The molecule has 7 heteroatoms. The predicted molar refractivity (Wildman–Crippen MR) is 118 cm³/mol. The van der Waals surface area contributed by atoms with Crippen LogP contribution in [0, 0.1) is 0 Å². The molecule has 7 nitrogen and oxygen atoms in total. The van der Waals surface area contributed by atoms with Gasteiger partial charge in [-0.05, 0) is 47.9 Å². The van der Waals surface area contributed by atoms with Crippen molar-refractivity contribution < 1.29 is 10.0 Å². The largest absolute Gasteiger partial charge is 0.336 e. The monoisotopic (exact) mass is 415 g/mol. The highest BCUT2D eigenvalue weighted by Gasteiger charge is 2.16. The third-order valence-corrected chi connectivity index (χ3v) is 5.32. The SMILES string of the molecule is CCc1ccccc1-n1c(=O)c2ccccc2n(Cc2ccc(C(=O)NO)cc2)c1=O. The van der Waals surface area contributed by atoms with Crippen LogP contribution in [-0.2, 0) is 13.0 Å². The topological polar surface area (TPSA) is 93.3 Å². The smallest absolute Gasteiger partial charge is 0.288 e. The molecule has 4 aromatic rings. The van der Waals surface area contributed by atoms with Crippen LogP contribution in [0.4, 0.5) is 0 Å². The number of para-hydroxylation sites is 2. The Labute approximate surface area is 177 Å². The maximum Gasteiger partial charge on any atom is 0.336 e. The maximum absolute atomic E-state index is 13.5. The number of carbonyl (C=O) groups is 1. The number of rotatable bonds is 5. The highest BCUT2D eigenvalue weighted by atomic mass is 16.5. The summed E-state index contributed by atoms with van der Waals surface area (Å²) < 4.78 is 2.79. The molecule has 0 radical (unpaired) electrons. The van der Waals surface area contributed by atoms with E-state index in [1.165, 1.54) is 4.57 Å². The number of aryl methyl sites for hydroxylation is 1. The molecule has 0 saturated heterocycles. The number of nitrogens with one attached hydrogen (secondary N) is 1. The Hall–Kier alpha value is -3.97. The van der Waals surface area contributed by atoms with Crippen LogP contribution >= 0.6 is 0 Å². The van der Waals surface area contributed by atoms with Crippen LogP contribution in [0.1, 0.15) is 28.4 Å². The van der Waals surface area contributed by atoms with Crippen molar-refractivity contribution in [1.82, 2.24) is 14.6 Å². The van der Waals surface area contributed by atoms with Crippen LogP contribution in [0.2, 0.25) is 0 Å². The molecule has 0 aliphatic heterocycles. The molecule has 0 bridgehead atoms. The molecule has 0 aliphatic rings. The molecule has 0 unspecified atom stereocenters. The molecule has 1 heterocycles. The highest BCUT2D eigenvalue weighted by molar-refractivity contribution is 5.93. The van der Waals surface area contributed by atoms with E-state index in [1.54, 1.807) is 64.6 Å².